The van der Waals surface area contributed by atoms with E-state index in [0.29, 0.717) is 41.8 Å². The fraction of sp³-hybridized carbons (Fsp3) is 0.308. The normalized spacial score (nSPS) is 19.2. The van der Waals surface area contributed by atoms with E-state index in [9.17, 15) is 14.7 Å². The van der Waals surface area contributed by atoms with E-state index in [-0.39, 0.29) is 11.4 Å². The lowest BCUT2D eigenvalue weighted by atomic mass is 9.98. The Morgan fingerprint density at radius 1 is 1.14 bits per heavy atom. The number of para-hydroxylation sites is 2. The number of aryl methyl sites for hydroxylation is 1. The van der Waals surface area contributed by atoms with E-state index in [0.717, 1.165) is 29.8 Å². The van der Waals surface area contributed by atoms with E-state index in [1.165, 1.54) is 11.3 Å². The molecule has 0 bridgehead atoms. The third kappa shape index (κ3) is 3.69. The zero-order valence-corrected chi connectivity index (χ0v) is 20.6. The van der Waals surface area contributed by atoms with Gasteiger partial charge in [0.1, 0.15) is 6.04 Å². The van der Waals surface area contributed by atoms with Crippen molar-refractivity contribution < 1.29 is 19.4 Å². The van der Waals surface area contributed by atoms with Gasteiger partial charge in [-0.2, -0.15) is 0 Å². The Morgan fingerprint density at radius 3 is 2.69 bits per heavy atom. The van der Waals surface area contributed by atoms with Crippen LogP contribution in [-0.2, 0) is 9.53 Å². The third-order valence-electron chi connectivity index (χ3n) is 6.87. The molecule has 1 aromatic carbocycles. The van der Waals surface area contributed by atoms with Gasteiger partial charge in [-0.25, -0.2) is 4.98 Å². The highest BCUT2D eigenvalue weighted by Crippen LogP contribution is 2.40. The molecule has 1 unspecified atom stereocenters. The van der Waals surface area contributed by atoms with E-state index in [1.807, 2.05) is 41.7 Å². The molecule has 0 spiro atoms. The number of hydrogen-bond acceptors (Lipinski definition) is 8. The number of carbonyl (C=O) groups is 2. The zero-order valence-electron chi connectivity index (χ0n) is 19.8. The van der Waals surface area contributed by atoms with E-state index >= 15 is 0 Å². The lowest BCUT2D eigenvalue weighted by Crippen LogP contribution is -2.43. The molecule has 0 aliphatic carbocycles. The molecule has 1 atom stereocenters. The lowest BCUT2D eigenvalue weighted by Gasteiger charge is -2.31. The average molecular weight is 504 g/mol. The number of aromatic nitrogens is 3. The monoisotopic (exact) mass is 503 g/mol. The Kier molecular flexibility index (Phi) is 5.79. The van der Waals surface area contributed by atoms with Crippen molar-refractivity contribution in [3.8, 4) is 0 Å². The Morgan fingerprint density at radius 2 is 1.92 bits per heavy atom. The number of pyridine rings is 1. The number of nitrogens with zero attached hydrogens (tertiary/aromatic N) is 5. The van der Waals surface area contributed by atoms with Crippen molar-refractivity contribution in [2.45, 2.75) is 13.0 Å². The molecule has 10 heteroatoms. The molecule has 184 valence electrons. The molecule has 1 saturated heterocycles. The Labute approximate surface area is 211 Å². The predicted octanol–water partition coefficient (Wildman–Crippen LogP) is 3.16. The van der Waals surface area contributed by atoms with Gasteiger partial charge in [0, 0.05) is 38.1 Å². The highest BCUT2D eigenvalue weighted by Gasteiger charge is 2.45. The molecule has 1 fully saturated rings. The highest BCUT2D eigenvalue weighted by atomic mass is 32.1. The predicted molar refractivity (Wildman–Crippen MR) is 135 cm³/mol. The average Bonchev–Trinajstić information content (AvgIpc) is 3.52. The minimum absolute atomic E-state index is 0.0672. The summed E-state index contributed by atoms with van der Waals surface area (Å²) >= 11 is 1.27. The first-order valence-corrected chi connectivity index (χ1v) is 12.7. The van der Waals surface area contributed by atoms with Crippen LogP contribution in [0.3, 0.4) is 0 Å². The number of imidazole rings is 1. The van der Waals surface area contributed by atoms with Crippen LogP contribution in [0.25, 0.3) is 16.0 Å². The largest absolute Gasteiger partial charge is 0.503 e. The summed E-state index contributed by atoms with van der Waals surface area (Å²) in [6.45, 7) is 5.71. The number of rotatable bonds is 6. The minimum atomic E-state index is -0.766. The van der Waals surface area contributed by atoms with E-state index in [1.54, 1.807) is 23.2 Å². The molecule has 3 aromatic heterocycles. The second-order valence-corrected chi connectivity index (χ2v) is 9.91. The van der Waals surface area contributed by atoms with Crippen LogP contribution in [0.2, 0.25) is 0 Å². The molecule has 1 amide bonds. The van der Waals surface area contributed by atoms with Crippen LogP contribution in [0, 0.1) is 6.92 Å². The number of ketones is 1. The first-order chi connectivity index (χ1) is 17.5. The standard InChI is InChI=1S/C26H25N5O4S/c1-16-24(36-26-28-17-6-2-3-8-19(17)31(16)26)22(32)20-21(18-7-4-5-9-27-18)30(25(34)23(20)33)11-10-29-12-14-35-15-13-29/h2-9,21,33H,10-15H2,1H3. The molecule has 6 rings (SSSR count). The number of hydrogen-bond donors (Lipinski definition) is 1. The minimum Gasteiger partial charge on any atom is -0.503 e. The van der Waals surface area contributed by atoms with Gasteiger partial charge in [-0.1, -0.05) is 29.5 Å². The molecule has 1 N–H and O–H groups in total. The number of aliphatic hydroxyl groups is 1. The quantitative estimate of drug-likeness (QED) is 0.404. The van der Waals surface area contributed by atoms with Gasteiger partial charge >= 0.3 is 0 Å². The van der Waals surface area contributed by atoms with Crippen molar-refractivity contribution >= 4 is 39.0 Å². The van der Waals surface area contributed by atoms with Crippen LogP contribution in [0.15, 0.2) is 60.0 Å². The Bertz CT molecular complexity index is 1500. The fourth-order valence-corrected chi connectivity index (χ4v) is 6.13. The first-order valence-electron chi connectivity index (χ1n) is 11.9. The number of fused-ring (bicyclic) bond motifs is 3. The van der Waals surface area contributed by atoms with Crippen molar-refractivity contribution in [2.75, 3.05) is 39.4 Å². The topological polar surface area (TPSA) is 100 Å². The molecule has 5 heterocycles. The highest BCUT2D eigenvalue weighted by molar-refractivity contribution is 7.19. The van der Waals surface area contributed by atoms with Crippen LogP contribution in [0.1, 0.15) is 27.1 Å². The van der Waals surface area contributed by atoms with Gasteiger partial charge in [-0.05, 0) is 31.2 Å². The zero-order chi connectivity index (χ0) is 24.8. The van der Waals surface area contributed by atoms with Crippen LogP contribution in [-0.4, -0.2) is 80.4 Å². The number of ether oxygens (including phenoxy) is 1. The van der Waals surface area contributed by atoms with Crippen LogP contribution in [0.5, 0.6) is 0 Å². The maximum atomic E-state index is 14.0. The number of thiazole rings is 1. The number of morpholine rings is 1. The summed E-state index contributed by atoms with van der Waals surface area (Å²) in [6.07, 6.45) is 1.63. The van der Waals surface area contributed by atoms with Gasteiger partial charge in [0.15, 0.2) is 10.7 Å². The fourth-order valence-electron chi connectivity index (χ4n) is 5.03. The summed E-state index contributed by atoms with van der Waals surface area (Å²) in [6, 6.07) is 12.4. The Hall–Kier alpha value is -3.60. The molecular weight excluding hydrogens is 478 g/mol. The van der Waals surface area contributed by atoms with Gasteiger partial charge in [-0.3, -0.25) is 23.9 Å². The maximum Gasteiger partial charge on any atom is 0.290 e. The SMILES string of the molecule is Cc1c(C(=O)C2=C(O)C(=O)N(CCN3CCOCC3)C2c2ccccn2)sc2nc3ccccc3n12. The summed E-state index contributed by atoms with van der Waals surface area (Å²) in [4.78, 5) is 41.3. The molecule has 4 aromatic rings. The van der Waals surface area contributed by atoms with Crippen LogP contribution in [0.4, 0.5) is 0 Å². The molecule has 2 aliphatic heterocycles. The summed E-state index contributed by atoms with van der Waals surface area (Å²) < 4.78 is 7.37. The van der Waals surface area contributed by atoms with Gasteiger partial charge in [-0.15, -0.1) is 0 Å². The summed E-state index contributed by atoms with van der Waals surface area (Å²) in [5, 5.41) is 11.0. The van der Waals surface area contributed by atoms with Gasteiger partial charge in [0.25, 0.3) is 5.91 Å². The lowest BCUT2D eigenvalue weighted by molar-refractivity contribution is -0.129. The molecule has 0 radical (unpaired) electrons. The van der Waals surface area contributed by atoms with Gasteiger partial charge in [0.2, 0.25) is 5.78 Å². The molecule has 0 saturated carbocycles. The second kappa shape index (κ2) is 9.12. The third-order valence-corrected chi connectivity index (χ3v) is 8.01. The van der Waals surface area contributed by atoms with Gasteiger partial charge in [0.05, 0.1) is 40.4 Å². The van der Waals surface area contributed by atoms with E-state index in [2.05, 4.69) is 14.9 Å². The van der Waals surface area contributed by atoms with Crippen molar-refractivity contribution in [1.82, 2.24) is 24.2 Å². The number of Topliss-reactive ketones (excluding diaryl/α,β-unsaturated/α-hetero) is 1. The number of aliphatic hydroxyl groups excluding tert-OH is 1. The van der Waals surface area contributed by atoms with Crippen LogP contribution < -0.4 is 0 Å². The number of carbonyl (C=O) groups excluding carboxylic acids is 2. The van der Waals surface area contributed by atoms with Crippen molar-refractivity contribution in [3.05, 3.63) is 76.3 Å². The Balaban J connectivity index is 1.39. The smallest absolute Gasteiger partial charge is 0.290 e. The molecule has 9 nitrogen and oxygen atoms in total. The van der Waals surface area contributed by atoms with E-state index < -0.39 is 17.7 Å². The van der Waals surface area contributed by atoms with Crippen LogP contribution >= 0.6 is 11.3 Å². The summed E-state index contributed by atoms with van der Waals surface area (Å²) in [5.74, 6) is -1.43. The van der Waals surface area contributed by atoms with Gasteiger partial charge < -0.3 is 14.7 Å². The number of amides is 1. The maximum absolute atomic E-state index is 14.0. The van der Waals surface area contributed by atoms with Crippen molar-refractivity contribution in [1.29, 1.82) is 0 Å². The summed E-state index contributed by atoms with van der Waals surface area (Å²) in [7, 11) is 0. The second-order valence-electron chi connectivity index (χ2n) is 8.94. The van der Waals surface area contributed by atoms with Crippen molar-refractivity contribution in [2.24, 2.45) is 0 Å². The summed E-state index contributed by atoms with van der Waals surface area (Å²) in [5.41, 5.74) is 3.11. The first kappa shape index (κ1) is 22.8. The van der Waals surface area contributed by atoms with Crippen molar-refractivity contribution in [3.63, 3.8) is 0 Å². The molecular formula is C26H25N5O4S. The molecule has 36 heavy (non-hydrogen) atoms. The molecule has 2 aliphatic rings. The van der Waals surface area contributed by atoms with E-state index in [4.69, 9.17) is 4.74 Å². The number of benzene rings is 1.